The van der Waals surface area contributed by atoms with Gasteiger partial charge >= 0.3 is 11.9 Å². The molecular weight excluding hydrogens is 745 g/mol. The fourth-order valence-electron chi connectivity index (χ4n) is 6.78. The maximum absolute atomic E-state index is 12.8. The molecule has 0 saturated carbocycles. The van der Waals surface area contributed by atoms with Gasteiger partial charge in [-0.1, -0.05) is 176 Å². The fourth-order valence-corrected chi connectivity index (χ4v) is 6.78. The van der Waals surface area contributed by atoms with Gasteiger partial charge in [-0.2, -0.15) is 0 Å². The van der Waals surface area contributed by atoms with Gasteiger partial charge in [0, 0.05) is 12.8 Å². The zero-order valence-electron chi connectivity index (χ0n) is 38.5. The van der Waals surface area contributed by atoms with E-state index in [-0.39, 0.29) is 18.0 Å². The summed E-state index contributed by atoms with van der Waals surface area (Å²) in [5.74, 6) is -1.35. The number of hydrogen-bond donors (Lipinski definition) is 3. The van der Waals surface area contributed by atoms with Crippen LogP contribution in [0.1, 0.15) is 213 Å². The van der Waals surface area contributed by atoms with E-state index in [4.69, 9.17) is 10.5 Å². The number of unbranched alkanes of at least 4 members (excludes halogenated alkanes) is 17. The number of allylic oxidation sites excluding steroid dienone is 13. The molecule has 0 aliphatic heterocycles. The van der Waals surface area contributed by atoms with Gasteiger partial charge in [0.15, 0.2) is 0 Å². The number of aliphatic carboxylic acids is 1. The Balaban J connectivity index is 4.31. The zero-order chi connectivity index (χ0) is 43.8. The highest BCUT2D eigenvalue weighted by Crippen LogP contribution is 2.16. The average Bonchev–Trinajstić information content (AvgIpc) is 3.23. The number of nitrogens with one attached hydrogen (secondary N) is 1. The third-order valence-corrected chi connectivity index (χ3v) is 10.4. The van der Waals surface area contributed by atoms with Crippen molar-refractivity contribution in [2.24, 2.45) is 5.73 Å². The monoisotopic (exact) mass is 835 g/mol. The number of ether oxygens (including phenoxy) is 1. The van der Waals surface area contributed by atoms with Crippen LogP contribution in [0.2, 0.25) is 0 Å². The highest BCUT2D eigenvalue weighted by atomic mass is 16.5. The van der Waals surface area contributed by atoms with Crippen molar-refractivity contribution in [3.63, 3.8) is 0 Å². The predicted molar refractivity (Wildman–Crippen MR) is 257 cm³/mol. The van der Waals surface area contributed by atoms with Crippen LogP contribution < -0.4 is 11.1 Å². The van der Waals surface area contributed by atoms with Crippen LogP contribution in [0.25, 0.3) is 0 Å². The number of carboxylic acids is 1. The van der Waals surface area contributed by atoms with Crippen LogP contribution in [0, 0.1) is 0 Å². The Hall–Kier alpha value is -3.45. The molecule has 0 spiro atoms. The molecule has 0 radical (unpaired) electrons. The molecule has 0 bridgehead atoms. The van der Waals surface area contributed by atoms with Crippen LogP contribution in [-0.2, 0) is 19.1 Å². The van der Waals surface area contributed by atoms with Crippen molar-refractivity contribution in [3.05, 3.63) is 85.1 Å². The molecule has 60 heavy (non-hydrogen) atoms. The van der Waals surface area contributed by atoms with Gasteiger partial charge in [-0.15, -0.1) is 0 Å². The molecule has 0 rings (SSSR count). The van der Waals surface area contributed by atoms with Crippen LogP contribution >= 0.6 is 0 Å². The molecule has 0 aromatic carbocycles. The SMILES string of the molecule is CC/C=C\C/C=C\C/C=C\C/C=C\C(CCCCCCCC(=O)NC(CCCN)C(=O)O)OC(=O)CCCCCCCCCC/C=C\C/C=C\C/C=C\CCCCCCC. The first-order valence-electron chi connectivity index (χ1n) is 24.4. The molecule has 0 aliphatic rings. The van der Waals surface area contributed by atoms with Crippen molar-refractivity contribution >= 4 is 17.8 Å². The number of carbonyl (C=O) groups excluding carboxylic acids is 2. The third kappa shape index (κ3) is 42.7. The Kier molecular flexibility index (Phi) is 43.9. The molecule has 342 valence electrons. The molecule has 0 aromatic heterocycles. The smallest absolute Gasteiger partial charge is 0.326 e. The maximum Gasteiger partial charge on any atom is 0.326 e. The summed E-state index contributed by atoms with van der Waals surface area (Å²) in [7, 11) is 0. The van der Waals surface area contributed by atoms with E-state index in [0.717, 1.165) is 89.9 Å². The van der Waals surface area contributed by atoms with Gasteiger partial charge in [0.1, 0.15) is 12.1 Å². The van der Waals surface area contributed by atoms with Crippen LogP contribution in [0.5, 0.6) is 0 Å². The molecule has 7 heteroatoms. The lowest BCUT2D eigenvalue weighted by atomic mass is 10.1. The number of hydrogen-bond acceptors (Lipinski definition) is 5. The van der Waals surface area contributed by atoms with Crippen molar-refractivity contribution in [2.75, 3.05) is 6.54 Å². The summed E-state index contributed by atoms with van der Waals surface area (Å²) in [5, 5.41) is 11.9. The van der Waals surface area contributed by atoms with E-state index in [0.29, 0.717) is 32.2 Å². The summed E-state index contributed by atoms with van der Waals surface area (Å²) < 4.78 is 5.95. The molecule has 0 aliphatic carbocycles. The highest BCUT2D eigenvalue weighted by molar-refractivity contribution is 5.83. The Morgan fingerprint density at radius 2 is 0.967 bits per heavy atom. The highest BCUT2D eigenvalue weighted by Gasteiger charge is 2.19. The Morgan fingerprint density at radius 1 is 0.517 bits per heavy atom. The van der Waals surface area contributed by atoms with Gasteiger partial charge in [0.05, 0.1) is 0 Å². The zero-order valence-corrected chi connectivity index (χ0v) is 38.5. The minimum absolute atomic E-state index is 0.108. The van der Waals surface area contributed by atoms with Crippen molar-refractivity contribution < 1.29 is 24.2 Å². The van der Waals surface area contributed by atoms with E-state index < -0.39 is 12.0 Å². The lowest BCUT2D eigenvalue weighted by Gasteiger charge is -2.15. The van der Waals surface area contributed by atoms with E-state index in [2.05, 4.69) is 98.2 Å². The van der Waals surface area contributed by atoms with Gasteiger partial charge < -0.3 is 20.9 Å². The van der Waals surface area contributed by atoms with Gasteiger partial charge in [-0.3, -0.25) is 9.59 Å². The average molecular weight is 835 g/mol. The Bertz CT molecular complexity index is 1210. The molecule has 0 fully saturated rings. The normalized spacial score (nSPS) is 13.4. The molecule has 7 nitrogen and oxygen atoms in total. The van der Waals surface area contributed by atoms with Crippen molar-refractivity contribution in [1.82, 2.24) is 5.32 Å². The molecular formula is C53H90N2O5. The van der Waals surface area contributed by atoms with Gasteiger partial charge in [-0.25, -0.2) is 4.79 Å². The van der Waals surface area contributed by atoms with E-state index >= 15 is 0 Å². The van der Waals surface area contributed by atoms with Gasteiger partial charge in [0.2, 0.25) is 5.91 Å². The molecule has 0 aromatic rings. The minimum Gasteiger partial charge on any atom is -0.480 e. The van der Waals surface area contributed by atoms with E-state index in [9.17, 15) is 19.5 Å². The van der Waals surface area contributed by atoms with Crippen molar-refractivity contribution in [1.29, 1.82) is 0 Å². The Labute approximate surface area is 368 Å². The minimum atomic E-state index is -1.02. The number of esters is 1. The van der Waals surface area contributed by atoms with E-state index in [1.807, 2.05) is 6.08 Å². The number of nitrogens with two attached hydrogens (primary N) is 1. The lowest BCUT2D eigenvalue weighted by molar-refractivity contribution is -0.147. The maximum atomic E-state index is 12.8. The largest absolute Gasteiger partial charge is 0.480 e. The lowest BCUT2D eigenvalue weighted by Crippen LogP contribution is -2.40. The second kappa shape index (κ2) is 46.6. The van der Waals surface area contributed by atoms with E-state index in [1.54, 1.807) is 0 Å². The number of carboxylic acid groups (broad SMARTS) is 1. The predicted octanol–water partition coefficient (Wildman–Crippen LogP) is 14.5. The Morgan fingerprint density at radius 3 is 1.48 bits per heavy atom. The van der Waals surface area contributed by atoms with Crippen LogP contribution in [0.15, 0.2) is 85.1 Å². The molecule has 2 atom stereocenters. The van der Waals surface area contributed by atoms with Crippen LogP contribution in [-0.4, -0.2) is 41.6 Å². The first-order chi connectivity index (χ1) is 29.4. The number of carbonyl (C=O) groups is 3. The first kappa shape index (κ1) is 56.5. The van der Waals surface area contributed by atoms with Crippen molar-refractivity contribution in [2.45, 2.75) is 225 Å². The summed E-state index contributed by atoms with van der Waals surface area (Å²) >= 11 is 0. The fraction of sp³-hybridized carbons (Fsp3) is 0.679. The summed E-state index contributed by atoms with van der Waals surface area (Å²) in [5.41, 5.74) is 5.49. The molecule has 4 N–H and O–H groups in total. The van der Waals surface area contributed by atoms with Crippen LogP contribution in [0.3, 0.4) is 0 Å². The van der Waals surface area contributed by atoms with Gasteiger partial charge in [-0.05, 0) is 115 Å². The topological polar surface area (TPSA) is 119 Å². The van der Waals surface area contributed by atoms with Crippen molar-refractivity contribution in [3.8, 4) is 0 Å². The number of rotatable bonds is 43. The van der Waals surface area contributed by atoms with Gasteiger partial charge in [0.25, 0.3) is 0 Å². The van der Waals surface area contributed by atoms with Crippen LogP contribution in [0.4, 0.5) is 0 Å². The number of amides is 1. The molecule has 0 saturated heterocycles. The summed E-state index contributed by atoms with van der Waals surface area (Å²) in [6, 6.07) is -0.872. The molecule has 0 heterocycles. The second-order valence-corrected chi connectivity index (χ2v) is 16.1. The second-order valence-electron chi connectivity index (χ2n) is 16.1. The summed E-state index contributed by atoms with van der Waals surface area (Å²) in [4.78, 5) is 36.4. The molecule has 2 unspecified atom stereocenters. The molecule has 1 amide bonds. The summed E-state index contributed by atoms with van der Waals surface area (Å²) in [6.45, 7) is 4.81. The van der Waals surface area contributed by atoms with E-state index in [1.165, 1.54) is 83.5 Å². The quantitative estimate of drug-likeness (QED) is 0.0320. The standard InChI is InChI=1S/C53H90N2O5/c1-3-5-7-9-11-13-15-16-17-18-19-20-21-22-23-24-25-26-28-30-32-37-41-47-52(57)60-49(43-38-34-31-29-27-14-12-10-8-6-4-2)44-39-35-33-36-40-46-51(56)55-50(53(58)59)45-42-48-54/h6,8,12,14-16,18-19,21-22,29,31,38,43,49-50H,3-5,7,9-11,13,17,20,23-28,30,32-37,39-42,44-48,54H2,1-2H3,(H,55,56)(H,58,59)/b8-6-,14-12-,16-15-,19-18-,22-21-,31-29-,43-38-. The third-order valence-electron chi connectivity index (χ3n) is 10.4. The first-order valence-corrected chi connectivity index (χ1v) is 24.4. The summed E-state index contributed by atoms with van der Waals surface area (Å²) in [6.07, 6.45) is 62.3.